The molecular weight excluding hydrogens is 831 g/mol. The molecule has 0 heterocycles. The average molecular weight is 876 g/mol. The Labute approximate surface area is 403 Å². The first kappa shape index (κ1) is 39.4. The summed E-state index contributed by atoms with van der Waals surface area (Å²) in [6, 6.07) is 102. The van der Waals surface area contributed by atoms with E-state index in [9.17, 15) is 0 Å². The minimum absolute atomic E-state index is 0.482. The fourth-order valence-electron chi connectivity index (χ4n) is 12.6. The molecule has 3 aliphatic carbocycles. The number of rotatable bonds is 7. The van der Waals surface area contributed by atoms with E-state index in [1.807, 2.05) is 0 Å². The van der Waals surface area contributed by atoms with Gasteiger partial charge in [0.1, 0.15) is 0 Å². The number of nitrogens with zero attached hydrogens (tertiary/aromatic N) is 1. The Morgan fingerprint density at radius 2 is 0.638 bits per heavy atom. The van der Waals surface area contributed by atoms with Crippen LogP contribution in [-0.2, 0) is 10.8 Å². The van der Waals surface area contributed by atoms with Crippen LogP contribution in [0.3, 0.4) is 0 Å². The topological polar surface area (TPSA) is 3.24 Å². The van der Waals surface area contributed by atoms with Gasteiger partial charge in [0, 0.05) is 16.9 Å². The summed E-state index contributed by atoms with van der Waals surface area (Å²) in [5.41, 5.74) is 25.1. The Morgan fingerprint density at radius 1 is 0.232 bits per heavy atom. The smallest absolute Gasteiger partial charge is 0.0726 e. The summed E-state index contributed by atoms with van der Waals surface area (Å²) >= 11 is 0. The van der Waals surface area contributed by atoms with Gasteiger partial charge in [-0.3, -0.25) is 0 Å². The third-order valence-electron chi connectivity index (χ3n) is 15.3. The molecule has 0 bridgehead atoms. The molecule has 14 rings (SSSR count). The van der Waals surface area contributed by atoms with Crippen molar-refractivity contribution in [3.63, 3.8) is 0 Å². The Morgan fingerprint density at radius 3 is 1.17 bits per heavy atom. The number of fused-ring (bicyclic) bond motifs is 13. The fourth-order valence-corrected chi connectivity index (χ4v) is 12.6. The minimum atomic E-state index is -0.506. The second-order valence-corrected chi connectivity index (χ2v) is 18.7. The van der Waals surface area contributed by atoms with Crippen LogP contribution in [0.4, 0.5) is 17.1 Å². The molecule has 1 spiro atoms. The van der Waals surface area contributed by atoms with Gasteiger partial charge in [0.25, 0.3) is 0 Å². The number of hydrogen-bond acceptors (Lipinski definition) is 1. The molecule has 0 saturated carbocycles. The van der Waals surface area contributed by atoms with E-state index in [0.717, 1.165) is 17.1 Å². The van der Waals surface area contributed by atoms with Crippen LogP contribution in [0.5, 0.6) is 0 Å². The Hall–Kier alpha value is -8.78. The molecule has 1 nitrogen and oxygen atoms in total. The van der Waals surface area contributed by atoms with Gasteiger partial charge >= 0.3 is 0 Å². The molecule has 0 unspecified atom stereocenters. The molecule has 3 aliphatic rings. The van der Waals surface area contributed by atoms with Gasteiger partial charge < -0.3 is 4.90 Å². The molecule has 322 valence electrons. The maximum Gasteiger partial charge on any atom is 0.0726 e. The van der Waals surface area contributed by atoms with Crippen molar-refractivity contribution < 1.29 is 0 Å². The minimum Gasteiger partial charge on any atom is -0.310 e. The molecule has 0 atom stereocenters. The Balaban J connectivity index is 1.08. The Kier molecular flexibility index (Phi) is 8.78. The van der Waals surface area contributed by atoms with E-state index in [1.54, 1.807) is 0 Å². The molecule has 0 aromatic heterocycles. The summed E-state index contributed by atoms with van der Waals surface area (Å²) in [6.07, 6.45) is 0. The van der Waals surface area contributed by atoms with Crippen LogP contribution in [0.25, 0.3) is 55.6 Å². The zero-order valence-corrected chi connectivity index (χ0v) is 37.9. The summed E-state index contributed by atoms with van der Waals surface area (Å²) in [5, 5.41) is 0. The van der Waals surface area contributed by atoms with Gasteiger partial charge in [-0.05, 0) is 131 Å². The molecule has 1 heteroatoms. The first-order valence-corrected chi connectivity index (χ1v) is 24.1. The van der Waals surface area contributed by atoms with E-state index < -0.39 is 10.8 Å². The predicted molar refractivity (Wildman–Crippen MR) is 286 cm³/mol. The number of benzene rings is 11. The second kappa shape index (κ2) is 15.4. The molecule has 0 radical (unpaired) electrons. The van der Waals surface area contributed by atoms with Crippen molar-refractivity contribution in [3.05, 3.63) is 317 Å². The number of anilines is 3. The van der Waals surface area contributed by atoms with Gasteiger partial charge in [0.05, 0.1) is 16.5 Å². The quantitative estimate of drug-likeness (QED) is 0.154. The second-order valence-electron chi connectivity index (χ2n) is 18.7. The van der Waals surface area contributed by atoms with Crippen molar-refractivity contribution in [2.24, 2.45) is 0 Å². The van der Waals surface area contributed by atoms with Crippen LogP contribution in [0.15, 0.2) is 273 Å². The highest BCUT2D eigenvalue weighted by atomic mass is 15.1. The van der Waals surface area contributed by atoms with Crippen molar-refractivity contribution in [2.45, 2.75) is 10.8 Å². The van der Waals surface area contributed by atoms with E-state index in [2.05, 4.69) is 278 Å². The lowest BCUT2D eigenvalue weighted by Crippen LogP contribution is -2.28. The molecule has 0 fully saturated rings. The third kappa shape index (κ3) is 5.59. The lowest BCUT2D eigenvalue weighted by atomic mass is 9.68. The fraction of sp³-hybridized carbons (Fsp3) is 0.0294. The molecule has 0 N–H and O–H groups in total. The van der Waals surface area contributed by atoms with Gasteiger partial charge in [0.2, 0.25) is 0 Å². The maximum atomic E-state index is 2.56. The van der Waals surface area contributed by atoms with Gasteiger partial charge in [-0.1, -0.05) is 237 Å². The molecule has 0 aliphatic heterocycles. The third-order valence-corrected chi connectivity index (χ3v) is 15.3. The lowest BCUT2D eigenvalue weighted by Gasteiger charge is -2.34. The van der Waals surface area contributed by atoms with Crippen LogP contribution in [0, 0.1) is 0 Å². The largest absolute Gasteiger partial charge is 0.310 e. The van der Waals surface area contributed by atoms with Crippen LogP contribution < -0.4 is 4.90 Å². The number of hydrogen-bond donors (Lipinski definition) is 0. The first-order valence-electron chi connectivity index (χ1n) is 24.1. The molecule has 11 aromatic carbocycles. The first-order chi connectivity index (χ1) is 34.2. The summed E-state index contributed by atoms with van der Waals surface area (Å²) in [7, 11) is 0. The van der Waals surface area contributed by atoms with Crippen LogP contribution >= 0.6 is 0 Å². The standard InChI is InChI=1S/C68H45N/c1-5-22-46(23-6-1)48-42-49(47-24-7-2-8-25-47)44-53(43-48)69(52-40-41-63-58(45-52)56-32-15-17-34-59(56)67(63,50-26-9-3-10-27-50)51-28-11-4-12-29-51)65-39-21-38-64-66(65)57-33-16-20-37-62(57)68(64)60-35-18-13-30-54(60)55-31-14-19-36-61(55)68/h1-45H. The molecular formula is C68H45N. The van der Waals surface area contributed by atoms with E-state index in [0.29, 0.717) is 0 Å². The molecule has 0 amide bonds. The molecule has 11 aromatic rings. The summed E-state index contributed by atoms with van der Waals surface area (Å²) in [5.74, 6) is 0. The monoisotopic (exact) mass is 875 g/mol. The van der Waals surface area contributed by atoms with E-state index in [4.69, 9.17) is 0 Å². The van der Waals surface area contributed by atoms with Crippen molar-refractivity contribution in [1.82, 2.24) is 0 Å². The van der Waals surface area contributed by atoms with E-state index in [1.165, 1.54) is 100 Å². The van der Waals surface area contributed by atoms with E-state index >= 15 is 0 Å². The van der Waals surface area contributed by atoms with Crippen LogP contribution in [0.1, 0.15) is 44.5 Å². The highest BCUT2D eigenvalue weighted by Gasteiger charge is 2.52. The van der Waals surface area contributed by atoms with E-state index in [-0.39, 0.29) is 0 Å². The SMILES string of the molecule is c1ccc(-c2cc(-c3ccccc3)cc(N(c3ccc4c(c3)-c3ccccc3C4(c3ccccc3)c3ccccc3)c3cccc4c3-c3ccccc3C43c4ccccc4-c4ccccc43)c2)cc1. The maximum absolute atomic E-state index is 2.56. The summed E-state index contributed by atoms with van der Waals surface area (Å²) in [6.45, 7) is 0. The molecule has 69 heavy (non-hydrogen) atoms. The summed E-state index contributed by atoms with van der Waals surface area (Å²) in [4.78, 5) is 2.56. The Bertz CT molecular complexity index is 3630. The van der Waals surface area contributed by atoms with Gasteiger partial charge in [-0.15, -0.1) is 0 Å². The predicted octanol–water partition coefficient (Wildman–Crippen LogP) is 17.2. The van der Waals surface area contributed by atoms with Crippen molar-refractivity contribution >= 4 is 17.1 Å². The zero-order valence-electron chi connectivity index (χ0n) is 37.9. The van der Waals surface area contributed by atoms with Gasteiger partial charge in [-0.2, -0.15) is 0 Å². The average Bonchev–Trinajstić information content (AvgIpc) is 4.02. The highest BCUT2D eigenvalue weighted by molar-refractivity contribution is 6.02. The van der Waals surface area contributed by atoms with Crippen molar-refractivity contribution in [1.29, 1.82) is 0 Å². The highest BCUT2D eigenvalue weighted by Crippen LogP contribution is 2.65. The lowest BCUT2D eigenvalue weighted by molar-refractivity contribution is 0.768. The zero-order chi connectivity index (χ0) is 45.5. The normalized spacial score (nSPS) is 13.7. The summed E-state index contributed by atoms with van der Waals surface area (Å²) < 4.78 is 0. The van der Waals surface area contributed by atoms with Gasteiger partial charge in [-0.25, -0.2) is 0 Å². The van der Waals surface area contributed by atoms with Crippen molar-refractivity contribution in [3.8, 4) is 55.6 Å². The van der Waals surface area contributed by atoms with Gasteiger partial charge in [0.15, 0.2) is 0 Å². The van der Waals surface area contributed by atoms with Crippen molar-refractivity contribution in [2.75, 3.05) is 4.90 Å². The molecule has 0 saturated heterocycles. The van der Waals surface area contributed by atoms with Crippen LogP contribution in [0.2, 0.25) is 0 Å². The van der Waals surface area contributed by atoms with Crippen LogP contribution in [-0.4, -0.2) is 0 Å².